The van der Waals surface area contributed by atoms with Gasteiger partial charge < -0.3 is 10.6 Å². The van der Waals surface area contributed by atoms with Crippen molar-refractivity contribution in [1.82, 2.24) is 0 Å². The van der Waals surface area contributed by atoms with Gasteiger partial charge in [-0.2, -0.15) is 0 Å². The molecule has 5 heteroatoms. The van der Waals surface area contributed by atoms with E-state index in [1.165, 1.54) is 5.56 Å². The van der Waals surface area contributed by atoms with Crippen LogP contribution in [-0.2, 0) is 15.0 Å². The zero-order valence-corrected chi connectivity index (χ0v) is 16.9. The summed E-state index contributed by atoms with van der Waals surface area (Å²) in [6, 6.07) is 13.1. The Balaban J connectivity index is 1.70. The summed E-state index contributed by atoms with van der Waals surface area (Å²) < 4.78 is 0. The second kappa shape index (κ2) is 7.01. The Hall–Kier alpha value is -2.33. The van der Waals surface area contributed by atoms with Crippen molar-refractivity contribution in [3.8, 4) is 0 Å². The van der Waals surface area contributed by atoms with Crippen LogP contribution in [0.3, 0.4) is 0 Å². The molecule has 0 atom stereocenters. The van der Waals surface area contributed by atoms with Crippen molar-refractivity contribution in [1.29, 1.82) is 0 Å². The Morgan fingerprint density at radius 2 is 1.56 bits per heavy atom. The summed E-state index contributed by atoms with van der Waals surface area (Å²) in [5.41, 5.74) is 2.48. The number of benzene rings is 2. The number of hydrogen-bond donors (Lipinski definition) is 2. The molecule has 0 unspecified atom stereocenters. The van der Waals surface area contributed by atoms with Gasteiger partial charge in [0.1, 0.15) is 5.41 Å². The van der Waals surface area contributed by atoms with Gasteiger partial charge in [-0.1, -0.05) is 50.6 Å². The predicted octanol–water partition coefficient (Wildman–Crippen LogP) is 5.30. The maximum absolute atomic E-state index is 12.8. The topological polar surface area (TPSA) is 58.2 Å². The predicted molar refractivity (Wildman–Crippen MR) is 110 cm³/mol. The summed E-state index contributed by atoms with van der Waals surface area (Å²) in [6.45, 7) is 8.31. The molecule has 2 N–H and O–H groups in total. The number of anilines is 2. The van der Waals surface area contributed by atoms with Crippen LogP contribution in [0, 0.1) is 12.3 Å². The third-order valence-electron chi connectivity index (χ3n) is 5.08. The van der Waals surface area contributed by atoms with Gasteiger partial charge in [0.25, 0.3) is 0 Å². The van der Waals surface area contributed by atoms with Crippen molar-refractivity contribution in [3.05, 3.63) is 58.6 Å². The average molecular weight is 385 g/mol. The molecule has 0 bridgehead atoms. The van der Waals surface area contributed by atoms with Crippen molar-refractivity contribution in [2.75, 3.05) is 10.6 Å². The average Bonchev–Trinajstić information content (AvgIpc) is 3.40. The Morgan fingerprint density at radius 3 is 2.11 bits per heavy atom. The SMILES string of the molecule is Cc1ccc(Cl)cc1NC(=O)C1(C(=O)Nc2ccc(C(C)(C)C)cc2)CC1. The van der Waals surface area contributed by atoms with E-state index in [-0.39, 0.29) is 17.2 Å². The minimum atomic E-state index is -1.00. The highest BCUT2D eigenvalue weighted by atomic mass is 35.5. The zero-order valence-electron chi connectivity index (χ0n) is 16.2. The quantitative estimate of drug-likeness (QED) is 0.702. The first-order chi connectivity index (χ1) is 12.6. The Labute approximate surface area is 165 Å². The Morgan fingerprint density at radius 1 is 0.963 bits per heavy atom. The van der Waals surface area contributed by atoms with E-state index in [0.29, 0.717) is 29.2 Å². The third kappa shape index (κ3) is 4.16. The van der Waals surface area contributed by atoms with E-state index in [4.69, 9.17) is 11.6 Å². The van der Waals surface area contributed by atoms with E-state index in [1.807, 2.05) is 37.3 Å². The molecule has 1 saturated carbocycles. The lowest BCUT2D eigenvalue weighted by atomic mass is 9.87. The second-order valence-electron chi connectivity index (χ2n) is 8.28. The van der Waals surface area contributed by atoms with Gasteiger partial charge in [-0.05, 0) is 60.6 Å². The number of aryl methyl sites for hydroxylation is 1. The molecule has 1 aliphatic carbocycles. The van der Waals surface area contributed by atoms with Crippen LogP contribution in [0.4, 0.5) is 11.4 Å². The molecular formula is C22H25ClN2O2. The highest BCUT2D eigenvalue weighted by Gasteiger charge is 2.56. The number of carbonyl (C=O) groups is 2. The molecule has 3 rings (SSSR count). The standard InChI is InChI=1S/C22H25ClN2O2/c1-14-5-8-16(23)13-18(14)25-20(27)22(11-12-22)19(26)24-17-9-6-15(7-10-17)21(2,3)4/h5-10,13H,11-12H2,1-4H3,(H,24,26)(H,25,27). The second-order valence-corrected chi connectivity index (χ2v) is 8.71. The number of carbonyl (C=O) groups excluding carboxylic acids is 2. The number of hydrogen-bond acceptors (Lipinski definition) is 2. The molecule has 0 radical (unpaired) electrons. The molecule has 142 valence electrons. The summed E-state index contributed by atoms with van der Waals surface area (Å²) in [4.78, 5) is 25.5. The lowest BCUT2D eigenvalue weighted by Crippen LogP contribution is -2.35. The van der Waals surface area contributed by atoms with E-state index in [9.17, 15) is 9.59 Å². The van der Waals surface area contributed by atoms with Gasteiger partial charge in [-0.15, -0.1) is 0 Å². The summed E-state index contributed by atoms with van der Waals surface area (Å²) >= 11 is 6.01. The Kier molecular flexibility index (Phi) is 5.04. The normalized spacial score (nSPS) is 15.1. The first-order valence-corrected chi connectivity index (χ1v) is 9.49. The fraction of sp³-hybridized carbons (Fsp3) is 0.364. The van der Waals surface area contributed by atoms with Crippen LogP contribution in [0.1, 0.15) is 44.7 Å². The minimum Gasteiger partial charge on any atom is -0.325 e. The van der Waals surface area contributed by atoms with Crippen molar-refractivity contribution in [2.24, 2.45) is 5.41 Å². The molecule has 1 fully saturated rings. The van der Waals surface area contributed by atoms with Crippen LogP contribution >= 0.6 is 11.6 Å². The fourth-order valence-electron chi connectivity index (χ4n) is 2.96. The first kappa shape index (κ1) is 19.4. The number of nitrogens with one attached hydrogen (secondary N) is 2. The van der Waals surface area contributed by atoms with E-state index in [1.54, 1.807) is 12.1 Å². The van der Waals surface area contributed by atoms with Gasteiger partial charge >= 0.3 is 0 Å². The molecular weight excluding hydrogens is 360 g/mol. The minimum absolute atomic E-state index is 0.0506. The molecule has 0 aromatic heterocycles. The van der Waals surface area contributed by atoms with Crippen molar-refractivity contribution in [2.45, 2.75) is 46.0 Å². The smallest absolute Gasteiger partial charge is 0.240 e. The third-order valence-corrected chi connectivity index (χ3v) is 5.31. The Bertz CT molecular complexity index is 878. The van der Waals surface area contributed by atoms with Gasteiger partial charge in [0.05, 0.1) is 0 Å². The van der Waals surface area contributed by atoms with E-state index in [2.05, 4.69) is 31.4 Å². The number of halogens is 1. The van der Waals surface area contributed by atoms with Crippen molar-refractivity contribution in [3.63, 3.8) is 0 Å². The van der Waals surface area contributed by atoms with Crippen molar-refractivity contribution >= 4 is 34.8 Å². The van der Waals surface area contributed by atoms with Crippen molar-refractivity contribution < 1.29 is 9.59 Å². The molecule has 2 amide bonds. The van der Waals surface area contributed by atoms with Gasteiger partial charge in [-0.25, -0.2) is 0 Å². The monoisotopic (exact) mass is 384 g/mol. The summed E-state index contributed by atoms with van der Waals surface area (Å²) in [5, 5.41) is 6.30. The van der Waals surface area contributed by atoms with Gasteiger partial charge in [-0.3, -0.25) is 9.59 Å². The van der Waals surface area contributed by atoms with E-state index in [0.717, 1.165) is 5.56 Å². The number of amides is 2. The van der Waals surface area contributed by atoms with Crippen LogP contribution in [0.5, 0.6) is 0 Å². The lowest BCUT2D eigenvalue weighted by Gasteiger charge is -2.20. The van der Waals surface area contributed by atoms with E-state index >= 15 is 0 Å². The van der Waals surface area contributed by atoms with Crippen LogP contribution in [0.2, 0.25) is 5.02 Å². The summed E-state index contributed by atoms with van der Waals surface area (Å²) in [6.07, 6.45) is 1.09. The molecule has 2 aromatic carbocycles. The summed E-state index contributed by atoms with van der Waals surface area (Å²) in [5.74, 6) is -0.542. The van der Waals surface area contributed by atoms with Gasteiger partial charge in [0, 0.05) is 16.4 Å². The van der Waals surface area contributed by atoms with E-state index < -0.39 is 5.41 Å². The van der Waals surface area contributed by atoms with Crippen LogP contribution in [0.25, 0.3) is 0 Å². The summed E-state index contributed by atoms with van der Waals surface area (Å²) in [7, 11) is 0. The first-order valence-electron chi connectivity index (χ1n) is 9.11. The fourth-order valence-corrected chi connectivity index (χ4v) is 3.13. The molecule has 27 heavy (non-hydrogen) atoms. The highest BCUT2D eigenvalue weighted by molar-refractivity contribution is 6.31. The molecule has 0 heterocycles. The largest absolute Gasteiger partial charge is 0.325 e. The van der Waals surface area contributed by atoms with Crippen LogP contribution < -0.4 is 10.6 Å². The molecule has 2 aromatic rings. The number of rotatable bonds is 4. The molecule has 0 saturated heterocycles. The molecule has 0 spiro atoms. The lowest BCUT2D eigenvalue weighted by molar-refractivity contribution is -0.131. The van der Waals surface area contributed by atoms with Crippen LogP contribution in [0.15, 0.2) is 42.5 Å². The maximum Gasteiger partial charge on any atom is 0.240 e. The molecule has 0 aliphatic heterocycles. The van der Waals surface area contributed by atoms with Gasteiger partial charge in [0.15, 0.2) is 0 Å². The zero-order chi connectivity index (χ0) is 19.8. The van der Waals surface area contributed by atoms with Crippen LogP contribution in [-0.4, -0.2) is 11.8 Å². The molecule has 1 aliphatic rings. The maximum atomic E-state index is 12.8. The van der Waals surface area contributed by atoms with Gasteiger partial charge in [0.2, 0.25) is 11.8 Å². The highest BCUT2D eigenvalue weighted by Crippen LogP contribution is 2.47. The molecule has 4 nitrogen and oxygen atoms in total.